The van der Waals surface area contributed by atoms with Crippen LogP contribution >= 0.6 is 0 Å². The summed E-state index contributed by atoms with van der Waals surface area (Å²) in [7, 11) is 0. The summed E-state index contributed by atoms with van der Waals surface area (Å²) in [4.78, 5) is 8.60. The van der Waals surface area contributed by atoms with Gasteiger partial charge in [0.25, 0.3) is 0 Å². The first-order valence-electron chi connectivity index (χ1n) is 3.98. The van der Waals surface area contributed by atoms with Crippen molar-refractivity contribution < 1.29 is 0 Å². The highest BCUT2D eigenvalue weighted by Gasteiger charge is 2.28. The normalized spacial score (nSPS) is 37.6. The molecule has 0 N–H and O–H groups in total. The van der Waals surface area contributed by atoms with Crippen molar-refractivity contribution in [2.75, 3.05) is 6.54 Å². The van der Waals surface area contributed by atoms with Crippen LogP contribution in [0.15, 0.2) is 4.99 Å². The van der Waals surface area contributed by atoms with E-state index < -0.39 is 0 Å². The van der Waals surface area contributed by atoms with Gasteiger partial charge in [-0.3, -0.25) is 4.99 Å². The molecule has 0 spiro atoms. The zero-order valence-electron chi connectivity index (χ0n) is 6.03. The number of hydrogen-bond donors (Lipinski definition) is 0. The molecule has 53 valence electrons. The van der Waals surface area contributed by atoms with Crippen molar-refractivity contribution in [3.05, 3.63) is 0 Å². The van der Waals surface area contributed by atoms with E-state index in [1.165, 1.54) is 19.3 Å². The minimum Gasteiger partial charge on any atom is -0.283 e. The van der Waals surface area contributed by atoms with Crippen LogP contribution in [0.25, 0.3) is 0 Å². The van der Waals surface area contributed by atoms with E-state index in [1.54, 1.807) is 0 Å². The minimum absolute atomic E-state index is 0.433. The molecule has 0 saturated carbocycles. The second-order valence-electron chi connectivity index (χ2n) is 3.00. The monoisotopic (exact) mass is 136 g/mol. The van der Waals surface area contributed by atoms with Crippen LogP contribution in [-0.4, -0.2) is 25.0 Å². The average molecular weight is 136 g/mol. The Hall–Kier alpha value is -0.660. The molecule has 0 aromatic carbocycles. The van der Waals surface area contributed by atoms with Crippen molar-refractivity contribution in [1.29, 1.82) is 0 Å². The summed E-state index contributed by atoms with van der Waals surface area (Å²) in [5, 5.41) is 0. The molecule has 10 heavy (non-hydrogen) atoms. The average Bonchev–Trinajstić information content (AvgIpc) is 2.05. The summed E-state index contributed by atoms with van der Waals surface area (Å²) in [5.74, 6) is 0.808. The van der Waals surface area contributed by atoms with Gasteiger partial charge in [-0.2, -0.15) is 0 Å². The molecule has 0 amide bonds. The molecule has 2 heterocycles. The molecule has 0 bridgehead atoms. The summed E-state index contributed by atoms with van der Waals surface area (Å²) in [6, 6.07) is 0.433. The van der Waals surface area contributed by atoms with Crippen LogP contribution in [0.1, 0.15) is 19.3 Å². The molecule has 2 nitrogen and oxygen atoms in total. The lowest BCUT2D eigenvalue weighted by Gasteiger charge is -2.21. The first-order valence-corrected chi connectivity index (χ1v) is 3.98. The highest BCUT2D eigenvalue weighted by atomic mass is 14.9. The van der Waals surface area contributed by atoms with Crippen molar-refractivity contribution in [3.8, 4) is 0 Å². The quantitative estimate of drug-likeness (QED) is 0.467. The molecule has 0 fully saturated rings. The summed E-state index contributed by atoms with van der Waals surface area (Å²) < 4.78 is 0. The van der Waals surface area contributed by atoms with Crippen LogP contribution < -0.4 is 4.99 Å². The fourth-order valence-electron chi connectivity index (χ4n) is 1.68. The van der Waals surface area contributed by atoms with Crippen molar-refractivity contribution in [2.45, 2.75) is 25.3 Å². The lowest BCUT2D eigenvalue weighted by molar-refractivity contribution is 0.408. The standard InChI is InChI=1S/C8H12N2/c1-2-7-3-5-9-6-8(7)10-4-1/h4,6-8H,1-3,5H2/q+1. The Balaban J connectivity index is 2.15. The van der Waals surface area contributed by atoms with E-state index in [2.05, 4.69) is 9.98 Å². The van der Waals surface area contributed by atoms with E-state index in [1.807, 2.05) is 12.4 Å². The lowest BCUT2D eigenvalue weighted by atomic mass is 9.89. The van der Waals surface area contributed by atoms with Crippen molar-refractivity contribution in [2.24, 2.45) is 10.9 Å². The Kier molecular flexibility index (Phi) is 1.53. The molecule has 2 aliphatic heterocycles. The summed E-state index contributed by atoms with van der Waals surface area (Å²) in [6.07, 6.45) is 7.80. The molecule has 2 unspecified atom stereocenters. The molecular weight excluding hydrogens is 124 g/mol. The van der Waals surface area contributed by atoms with Crippen molar-refractivity contribution in [3.63, 3.8) is 0 Å². The maximum atomic E-state index is 4.38. The van der Waals surface area contributed by atoms with E-state index in [9.17, 15) is 0 Å². The predicted molar refractivity (Wildman–Crippen MR) is 42.7 cm³/mol. The number of aliphatic imine (C=N–C) groups is 2. The van der Waals surface area contributed by atoms with Crippen LogP contribution in [0.3, 0.4) is 0 Å². The Morgan fingerprint density at radius 2 is 2.40 bits per heavy atom. The van der Waals surface area contributed by atoms with Gasteiger partial charge in [0.05, 0.1) is 0 Å². The zero-order valence-corrected chi connectivity index (χ0v) is 6.03. The second-order valence-corrected chi connectivity index (χ2v) is 3.00. The van der Waals surface area contributed by atoms with E-state index in [0.717, 1.165) is 12.5 Å². The Bertz CT molecular complexity index is 154. The van der Waals surface area contributed by atoms with Crippen LogP contribution in [0, 0.1) is 5.92 Å². The fourth-order valence-corrected chi connectivity index (χ4v) is 1.68. The maximum Gasteiger partial charge on any atom is 0.236 e. The second kappa shape index (κ2) is 2.52. The van der Waals surface area contributed by atoms with E-state index in [-0.39, 0.29) is 0 Å². The Morgan fingerprint density at radius 1 is 1.40 bits per heavy atom. The highest BCUT2D eigenvalue weighted by molar-refractivity contribution is 5.70. The van der Waals surface area contributed by atoms with E-state index in [0.29, 0.717) is 6.04 Å². The van der Waals surface area contributed by atoms with Crippen molar-refractivity contribution >= 4 is 12.4 Å². The molecule has 0 saturated heterocycles. The third-order valence-corrected chi connectivity index (χ3v) is 2.31. The number of nitrogens with zero attached hydrogens (tertiary/aromatic N) is 2. The third-order valence-electron chi connectivity index (χ3n) is 2.31. The first-order chi connectivity index (χ1) is 4.97. The van der Waals surface area contributed by atoms with Gasteiger partial charge in [0.1, 0.15) is 6.04 Å². The molecule has 0 aromatic rings. The topological polar surface area (TPSA) is 26.5 Å². The maximum absolute atomic E-state index is 4.38. The highest BCUT2D eigenvalue weighted by Crippen LogP contribution is 2.21. The van der Waals surface area contributed by atoms with Gasteiger partial charge >= 0.3 is 0 Å². The van der Waals surface area contributed by atoms with Crippen LogP contribution in [0.5, 0.6) is 0 Å². The third kappa shape index (κ3) is 0.981. The van der Waals surface area contributed by atoms with Gasteiger partial charge < -0.3 is 0 Å². The van der Waals surface area contributed by atoms with Gasteiger partial charge in [-0.05, 0) is 25.0 Å². The SMILES string of the molecule is C1=NC2C=[N+]CCC2CC1. The molecule has 2 heteroatoms. The Labute approximate surface area is 61.1 Å². The van der Waals surface area contributed by atoms with E-state index in [4.69, 9.17) is 0 Å². The molecule has 2 rings (SSSR count). The summed E-state index contributed by atoms with van der Waals surface area (Å²) in [6.45, 7) is 1.02. The molecular formula is C8H12N2+. The van der Waals surface area contributed by atoms with Gasteiger partial charge in [0.15, 0.2) is 0 Å². The van der Waals surface area contributed by atoms with Crippen LogP contribution in [-0.2, 0) is 0 Å². The number of hydrogen-bond acceptors (Lipinski definition) is 2. The largest absolute Gasteiger partial charge is 0.283 e. The molecule has 2 aliphatic rings. The van der Waals surface area contributed by atoms with Crippen LogP contribution in [0.2, 0.25) is 0 Å². The van der Waals surface area contributed by atoms with Gasteiger partial charge in [0, 0.05) is 11.4 Å². The summed E-state index contributed by atoms with van der Waals surface area (Å²) >= 11 is 0. The summed E-state index contributed by atoms with van der Waals surface area (Å²) in [5.41, 5.74) is 0. The minimum atomic E-state index is 0.433. The first kappa shape index (κ1) is 6.08. The molecule has 1 radical (unpaired) electrons. The fraction of sp³-hybridized carbons (Fsp3) is 0.750. The van der Waals surface area contributed by atoms with Gasteiger partial charge in [0.2, 0.25) is 12.8 Å². The number of fused-ring (bicyclic) bond motifs is 1. The Morgan fingerprint density at radius 3 is 3.30 bits per heavy atom. The molecule has 0 aromatic heterocycles. The van der Waals surface area contributed by atoms with Gasteiger partial charge in [-0.25, -0.2) is 0 Å². The van der Waals surface area contributed by atoms with Gasteiger partial charge in [-0.1, -0.05) is 0 Å². The predicted octanol–water partition coefficient (Wildman–Crippen LogP) is 0.646. The van der Waals surface area contributed by atoms with E-state index >= 15 is 0 Å². The smallest absolute Gasteiger partial charge is 0.236 e. The number of rotatable bonds is 0. The molecule has 0 aliphatic carbocycles. The van der Waals surface area contributed by atoms with Gasteiger partial charge in [-0.15, -0.1) is 0 Å². The van der Waals surface area contributed by atoms with Crippen molar-refractivity contribution in [1.82, 2.24) is 4.99 Å². The lowest BCUT2D eigenvalue weighted by Crippen LogP contribution is -2.31. The molecule has 2 atom stereocenters. The van der Waals surface area contributed by atoms with Crippen LogP contribution in [0.4, 0.5) is 0 Å². The zero-order chi connectivity index (χ0) is 6.81.